The highest BCUT2D eigenvalue weighted by atomic mass is 15.0. The Morgan fingerprint density at radius 2 is 2.37 bits per heavy atom. The predicted octanol–water partition coefficient (Wildman–Crippen LogP) is 2.43. The summed E-state index contributed by atoms with van der Waals surface area (Å²) in [6.07, 6.45) is 8.99. The molecule has 0 aromatic carbocycles. The smallest absolute Gasteiger partial charge is 0.0921 e. The Balaban J connectivity index is 1.80. The van der Waals surface area contributed by atoms with E-state index in [1.165, 1.54) is 17.0 Å². The lowest BCUT2D eigenvalue weighted by Crippen LogP contribution is -2.30. The fourth-order valence-electron chi connectivity index (χ4n) is 3.17. The standard InChI is InChI=1S/C15H22N4/c1-15(2)7-13(16)12-4-6-19(14(12)8-15)5-3-11-9-17-10-18-11/h4,6,9-10,13H,3,5,7-8,16H2,1-2H3,(H,17,18). The highest BCUT2D eigenvalue weighted by Crippen LogP contribution is 2.39. The molecule has 0 radical (unpaired) electrons. The summed E-state index contributed by atoms with van der Waals surface area (Å²) < 4.78 is 2.36. The van der Waals surface area contributed by atoms with Gasteiger partial charge in [-0.05, 0) is 29.9 Å². The molecule has 3 N–H and O–H groups in total. The molecule has 1 unspecified atom stereocenters. The summed E-state index contributed by atoms with van der Waals surface area (Å²) in [6, 6.07) is 2.38. The van der Waals surface area contributed by atoms with Gasteiger partial charge in [-0.25, -0.2) is 4.98 Å². The van der Waals surface area contributed by atoms with E-state index in [1.807, 2.05) is 6.20 Å². The van der Waals surface area contributed by atoms with Crippen LogP contribution in [0.1, 0.15) is 43.3 Å². The van der Waals surface area contributed by atoms with Gasteiger partial charge >= 0.3 is 0 Å². The maximum atomic E-state index is 6.30. The second-order valence-electron chi connectivity index (χ2n) is 6.39. The molecule has 0 saturated heterocycles. The van der Waals surface area contributed by atoms with Gasteiger partial charge in [-0.1, -0.05) is 13.8 Å². The van der Waals surface area contributed by atoms with Crippen LogP contribution in [0.5, 0.6) is 0 Å². The Bertz CT molecular complexity index is 551. The molecule has 102 valence electrons. The average molecular weight is 258 g/mol. The molecule has 1 aliphatic rings. The fourth-order valence-corrected chi connectivity index (χ4v) is 3.17. The van der Waals surface area contributed by atoms with E-state index in [1.54, 1.807) is 6.33 Å². The Kier molecular flexibility index (Phi) is 2.97. The minimum atomic E-state index is 0.187. The number of nitrogens with one attached hydrogen (secondary N) is 1. The van der Waals surface area contributed by atoms with Crippen LogP contribution in [0.2, 0.25) is 0 Å². The van der Waals surface area contributed by atoms with Crippen molar-refractivity contribution in [2.24, 2.45) is 11.1 Å². The van der Waals surface area contributed by atoms with Gasteiger partial charge in [0, 0.05) is 42.8 Å². The van der Waals surface area contributed by atoms with Crippen molar-refractivity contribution in [3.63, 3.8) is 0 Å². The normalized spacial score (nSPS) is 21.3. The van der Waals surface area contributed by atoms with Crippen molar-refractivity contribution in [3.8, 4) is 0 Å². The number of aromatic nitrogens is 3. The van der Waals surface area contributed by atoms with Gasteiger partial charge in [-0.2, -0.15) is 0 Å². The summed E-state index contributed by atoms with van der Waals surface area (Å²) in [5.74, 6) is 0. The third kappa shape index (κ3) is 2.45. The molecule has 0 fully saturated rings. The van der Waals surface area contributed by atoms with Crippen LogP contribution in [0, 0.1) is 5.41 Å². The number of imidazole rings is 1. The van der Waals surface area contributed by atoms with Crippen LogP contribution in [0.3, 0.4) is 0 Å². The van der Waals surface area contributed by atoms with Gasteiger partial charge in [-0.15, -0.1) is 0 Å². The molecule has 1 atom stereocenters. The van der Waals surface area contributed by atoms with Crippen molar-refractivity contribution in [1.29, 1.82) is 0 Å². The van der Waals surface area contributed by atoms with Gasteiger partial charge in [0.05, 0.1) is 6.33 Å². The van der Waals surface area contributed by atoms with Crippen molar-refractivity contribution < 1.29 is 0 Å². The zero-order chi connectivity index (χ0) is 13.5. The summed E-state index contributed by atoms with van der Waals surface area (Å²) in [6.45, 7) is 5.60. The van der Waals surface area contributed by atoms with Crippen molar-refractivity contribution in [2.45, 2.75) is 45.7 Å². The molecule has 4 heteroatoms. The maximum absolute atomic E-state index is 6.30. The van der Waals surface area contributed by atoms with E-state index in [0.717, 1.165) is 25.8 Å². The quantitative estimate of drug-likeness (QED) is 0.888. The SMILES string of the molecule is CC1(C)Cc2c(ccn2CCc2cnc[nH]2)C(N)C1. The first-order valence-electron chi connectivity index (χ1n) is 6.96. The summed E-state index contributed by atoms with van der Waals surface area (Å²) in [5, 5.41) is 0. The summed E-state index contributed by atoms with van der Waals surface area (Å²) in [5.41, 5.74) is 10.5. The van der Waals surface area contributed by atoms with Crippen molar-refractivity contribution in [2.75, 3.05) is 0 Å². The van der Waals surface area contributed by atoms with E-state index in [2.05, 4.69) is 40.6 Å². The number of aromatic amines is 1. The number of hydrogen-bond acceptors (Lipinski definition) is 2. The largest absolute Gasteiger partial charge is 0.351 e. The average Bonchev–Trinajstić information content (AvgIpc) is 2.93. The maximum Gasteiger partial charge on any atom is 0.0921 e. The zero-order valence-electron chi connectivity index (χ0n) is 11.7. The van der Waals surface area contributed by atoms with E-state index < -0.39 is 0 Å². The molecular formula is C15H22N4. The van der Waals surface area contributed by atoms with Gasteiger partial charge in [0.15, 0.2) is 0 Å². The highest BCUT2D eigenvalue weighted by Gasteiger charge is 2.32. The third-order valence-electron chi connectivity index (χ3n) is 4.11. The minimum absolute atomic E-state index is 0.187. The molecule has 1 aliphatic carbocycles. The first kappa shape index (κ1) is 12.5. The lowest BCUT2D eigenvalue weighted by atomic mass is 9.74. The summed E-state index contributed by atoms with van der Waals surface area (Å²) >= 11 is 0. The number of nitrogens with zero attached hydrogens (tertiary/aromatic N) is 2. The molecular weight excluding hydrogens is 236 g/mol. The molecule has 2 aromatic heterocycles. The molecule has 0 aliphatic heterocycles. The molecule has 3 rings (SSSR count). The third-order valence-corrected chi connectivity index (χ3v) is 4.11. The molecule has 4 nitrogen and oxygen atoms in total. The lowest BCUT2D eigenvalue weighted by molar-refractivity contribution is 0.275. The van der Waals surface area contributed by atoms with Gasteiger partial charge in [0.1, 0.15) is 0 Å². The first-order chi connectivity index (χ1) is 9.05. The summed E-state index contributed by atoms with van der Waals surface area (Å²) in [4.78, 5) is 7.22. The molecule has 0 saturated carbocycles. The van der Waals surface area contributed by atoms with Crippen molar-refractivity contribution in [1.82, 2.24) is 14.5 Å². The summed E-state index contributed by atoms with van der Waals surface area (Å²) in [7, 11) is 0. The number of H-pyrrole nitrogens is 1. The number of fused-ring (bicyclic) bond motifs is 1. The number of hydrogen-bond donors (Lipinski definition) is 2. The number of rotatable bonds is 3. The number of nitrogens with two attached hydrogens (primary N) is 1. The minimum Gasteiger partial charge on any atom is -0.351 e. The molecule has 0 bridgehead atoms. The predicted molar refractivity (Wildman–Crippen MR) is 75.8 cm³/mol. The van der Waals surface area contributed by atoms with E-state index >= 15 is 0 Å². The molecule has 2 aromatic rings. The Hall–Kier alpha value is -1.55. The lowest BCUT2D eigenvalue weighted by Gasteiger charge is -2.34. The van der Waals surface area contributed by atoms with E-state index in [4.69, 9.17) is 5.73 Å². The fraction of sp³-hybridized carbons (Fsp3) is 0.533. The van der Waals surface area contributed by atoms with Crippen LogP contribution in [0.25, 0.3) is 0 Å². The van der Waals surface area contributed by atoms with Crippen LogP contribution in [0.4, 0.5) is 0 Å². The second-order valence-corrected chi connectivity index (χ2v) is 6.39. The van der Waals surface area contributed by atoms with Gasteiger partial charge in [-0.3, -0.25) is 0 Å². The van der Waals surface area contributed by atoms with Gasteiger partial charge in [0.2, 0.25) is 0 Å². The van der Waals surface area contributed by atoms with Gasteiger partial charge in [0.25, 0.3) is 0 Å². The van der Waals surface area contributed by atoms with Gasteiger partial charge < -0.3 is 15.3 Å². The molecule has 2 heterocycles. The Morgan fingerprint density at radius 1 is 1.53 bits per heavy atom. The molecule has 0 amide bonds. The molecule has 0 spiro atoms. The van der Waals surface area contributed by atoms with Crippen LogP contribution >= 0.6 is 0 Å². The van der Waals surface area contributed by atoms with Crippen molar-refractivity contribution >= 4 is 0 Å². The Morgan fingerprint density at radius 3 is 3.11 bits per heavy atom. The second kappa shape index (κ2) is 4.53. The van der Waals surface area contributed by atoms with Crippen LogP contribution in [0.15, 0.2) is 24.8 Å². The first-order valence-corrected chi connectivity index (χ1v) is 6.96. The van der Waals surface area contributed by atoms with E-state index in [9.17, 15) is 0 Å². The number of aryl methyl sites for hydroxylation is 2. The monoisotopic (exact) mass is 258 g/mol. The van der Waals surface area contributed by atoms with Crippen molar-refractivity contribution in [3.05, 3.63) is 41.7 Å². The van der Waals surface area contributed by atoms with E-state index in [-0.39, 0.29) is 6.04 Å². The molecule has 19 heavy (non-hydrogen) atoms. The zero-order valence-corrected chi connectivity index (χ0v) is 11.7. The van der Waals surface area contributed by atoms with Crippen LogP contribution < -0.4 is 5.73 Å². The van der Waals surface area contributed by atoms with E-state index in [0.29, 0.717) is 5.41 Å². The Labute approximate surface area is 114 Å². The highest BCUT2D eigenvalue weighted by molar-refractivity contribution is 5.30. The topological polar surface area (TPSA) is 59.6 Å². The van der Waals surface area contributed by atoms with Crippen LogP contribution in [-0.2, 0) is 19.4 Å². The van der Waals surface area contributed by atoms with Crippen LogP contribution in [-0.4, -0.2) is 14.5 Å².